The van der Waals surface area contributed by atoms with Gasteiger partial charge in [-0.3, -0.25) is 4.90 Å². The minimum Gasteiger partial charge on any atom is -0.476 e. The number of fused-ring (bicyclic) bond motifs is 3. The fourth-order valence-corrected chi connectivity index (χ4v) is 4.16. The van der Waals surface area contributed by atoms with Crippen LogP contribution in [0.25, 0.3) is 11.0 Å². The fraction of sp³-hybridized carbons (Fsp3) is 0.318. The number of hydrogen-bond donors (Lipinski definition) is 0. The van der Waals surface area contributed by atoms with Crippen molar-refractivity contribution in [1.29, 1.82) is 0 Å². The summed E-state index contributed by atoms with van der Waals surface area (Å²) in [4.78, 5) is 14.3. The van der Waals surface area contributed by atoms with Crippen molar-refractivity contribution in [2.24, 2.45) is 0 Å². The summed E-state index contributed by atoms with van der Waals surface area (Å²) in [6.45, 7) is 3.79. The van der Waals surface area contributed by atoms with Crippen molar-refractivity contribution < 1.29 is 9.15 Å². The molecular weight excluding hydrogens is 397 g/mol. The number of ether oxygens (including phenoxy) is 1. The number of aryl methyl sites for hydroxylation is 1. The van der Waals surface area contributed by atoms with Gasteiger partial charge >= 0.3 is 5.63 Å². The highest BCUT2D eigenvalue weighted by atomic mass is 35.5. The first kappa shape index (κ1) is 19.3. The Hall–Kier alpha value is -2.01. The molecule has 0 fully saturated rings. The van der Waals surface area contributed by atoms with Crippen molar-refractivity contribution in [3.8, 4) is 5.75 Å². The minimum atomic E-state index is -0.338. The van der Waals surface area contributed by atoms with E-state index in [0.717, 1.165) is 41.3 Å². The smallest absolute Gasteiger partial charge is 0.336 e. The summed E-state index contributed by atoms with van der Waals surface area (Å²) in [5, 5.41) is 2.15. The number of hydrogen-bond acceptors (Lipinski definition) is 4. The normalized spacial score (nSPS) is 14.1. The molecule has 4 nitrogen and oxygen atoms in total. The summed E-state index contributed by atoms with van der Waals surface area (Å²) in [6.07, 6.45) is 2.88. The van der Waals surface area contributed by atoms with Gasteiger partial charge in [-0.25, -0.2) is 4.79 Å². The number of nitrogens with zero attached hydrogens (tertiary/aromatic N) is 1. The number of halogens is 2. The molecule has 0 spiro atoms. The first-order valence-corrected chi connectivity index (χ1v) is 10.2. The molecule has 3 aromatic rings. The number of benzene rings is 2. The summed E-state index contributed by atoms with van der Waals surface area (Å²) in [5.74, 6) is 0.604. The van der Waals surface area contributed by atoms with Gasteiger partial charge in [0.1, 0.15) is 18.1 Å². The van der Waals surface area contributed by atoms with E-state index in [-0.39, 0.29) is 5.63 Å². The molecule has 6 heteroatoms. The van der Waals surface area contributed by atoms with E-state index in [9.17, 15) is 4.79 Å². The Morgan fingerprint density at radius 1 is 1.18 bits per heavy atom. The van der Waals surface area contributed by atoms with E-state index < -0.39 is 0 Å². The lowest BCUT2D eigenvalue weighted by Gasteiger charge is -2.30. The summed E-state index contributed by atoms with van der Waals surface area (Å²) < 4.78 is 11.5. The van der Waals surface area contributed by atoms with Gasteiger partial charge in [0.2, 0.25) is 0 Å². The monoisotopic (exact) mass is 417 g/mol. The van der Waals surface area contributed by atoms with Crippen molar-refractivity contribution in [3.05, 3.63) is 73.6 Å². The molecule has 0 bridgehead atoms. The second-order valence-corrected chi connectivity index (χ2v) is 7.97. The minimum absolute atomic E-state index is 0.338. The third-order valence-corrected chi connectivity index (χ3v) is 5.51. The average molecular weight is 418 g/mol. The van der Waals surface area contributed by atoms with E-state index in [1.807, 2.05) is 30.3 Å². The molecule has 0 saturated carbocycles. The highest BCUT2D eigenvalue weighted by Gasteiger charge is 2.25. The lowest BCUT2D eigenvalue weighted by Crippen LogP contribution is -2.32. The third-order valence-electron chi connectivity index (χ3n) is 4.99. The van der Waals surface area contributed by atoms with Gasteiger partial charge in [-0.05, 0) is 42.2 Å². The second-order valence-electron chi connectivity index (χ2n) is 7.13. The lowest BCUT2D eigenvalue weighted by atomic mass is 10.0. The first-order valence-electron chi connectivity index (χ1n) is 9.43. The molecule has 4 rings (SSSR count). The van der Waals surface area contributed by atoms with Gasteiger partial charge in [0.05, 0.1) is 10.6 Å². The molecule has 146 valence electrons. The zero-order valence-electron chi connectivity index (χ0n) is 15.6. The molecule has 0 amide bonds. The summed E-state index contributed by atoms with van der Waals surface area (Å²) >= 11 is 12.6. The van der Waals surface area contributed by atoms with Crippen molar-refractivity contribution in [2.75, 3.05) is 6.73 Å². The Morgan fingerprint density at radius 2 is 2.04 bits per heavy atom. The maximum atomic E-state index is 12.2. The van der Waals surface area contributed by atoms with Crippen molar-refractivity contribution in [3.63, 3.8) is 0 Å². The molecule has 2 aromatic carbocycles. The molecule has 0 unspecified atom stereocenters. The van der Waals surface area contributed by atoms with Gasteiger partial charge < -0.3 is 9.15 Å². The van der Waals surface area contributed by atoms with Crippen LogP contribution in [0.3, 0.4) is 0 Å². The second kappa shape index (κ2) is 8.16. The predicted octanol–water partition coefficient (Wildman–Crippen LogP) is 5.79. The highest BCUT2D eigenvalue weighted by Crippen LogP contribution is 2.39. The Kier molecular flexibility index (Phi) is 5.63. The fourth-order valence-electron chi connectivity index (χ4n) is 3.67. The molecule has 1 aromatic heterocycles. The predicted molar refractivity (Wildman–Crippen MR) is 112 cm³/mol. The van der Waals surface area contributed by atoms with Crippen LogP contribution in [0.1, 0.15) is 36.5 Å². The van der Waals surface area contributed by atoms with Crippen LogP contribution >= 0.6 is 23.2 Å². The first-order chi connectivity index (χ1) is 13.5. The molecule has 1 aliphatic rings. The van der Waals surface area contributed by atoms with E-state index in [1.165, 1.54) is 0 Å². The van der Waals surface area contributed by atoms with Crippen LogP contribution < -0.4 is 10.4 Å². The number of rotatable bonds is 5. The zero-order valence-corrected chi connectivity index (χ0v) is 17.1. The number of unbranched alkanes of at least 4 members (excludes halogenated alkanes) is 1. The maximum absolute atomic E-state index is 12.2. The standard InChI is InChI=1S/C22H21Cl2NO3/c1-2-3-6-15-9-20(26)28-21-17(15)10-19(24)22-18(21)12-25(13-27-22)11-14-5-4-7-16(23)8-14/h4-5,7-10H,2-3,6,11-13H2,1H3. The van der Waals surface area contributed by atoms with Crippen LogP contribution in [-0.2, 0) is 19.5 Å². The van der Waals surface area contributed by atoms with E-state index in [4.69, 9.17) is 32.4 Å². The molecule has 0 N–H and O–H groups in total. The molecular formula is C22H21Cl2NO3. The van der Waals surface area contributed by atoms with Crippen LogP contribution in [-0.4, -0.2) is 11.6 Å². The zero-order chi connectivity index (χ0) is 19.7. The molecule has 2 heterocycles. The Labute approximate surface area is 173 Å². The topological polar surface area (TPSA) is 42.7 Å². The van der Waals surface area contributed by atoms with E-state index in [0.29, 0.717) is 41.2 Å². The molecule has 28 heavy (non-hydrogen) atoms. The van der Waals surface area contributed by atoms with E-state index in [1.54, 1.807) is 6.07 Å². The van der Waals surface area contributed by atoms with Crippen molar-refractivity contribution in [1.82, 2.24) is 4.90 Å². The van der Waals surface area contributed by atoms with Gasteiger partial charge in [0.25, 0.3) is 0 Å². The largest absolute Gasteiger partial charge is 0.476 e. The summed E-state index contributed by atoms with van der Waals surface area (Å²) in [7, 11) is 0. The maximum Gasteiger partial charge on any atom is 0.336 e. The van der Waals surface area contributed by atoms with E-state index >= 15 is 0 Å². The van der Waals surface area contributed by atoms with Crippen LogP contribution in [0.2, 0.25) is 10.0 Å². The summed E-state index contributed by atoms with van der Waals surface area (Å²) in [5.41, 5.74) is 3.14. The van der Waals surface area contributed by atoms with Crippen LogP contribution in [0.15, 0.2) is 45.6 Å². The van der Waals surface area contributed by atoms with Crippen LogP contribution in [0, 0.1) is 0 Å². The molecule has 1 aliphatic heterocycles. The highest BCUT2D eigenvalue weighted by molar-refractivity contribution is 6.33. The van der Waals surface area contributed by atoms with Gasteiger partial charge in [-0.1, -0.05) is 48.7 Å². The Morgan fingerprint density at radius 3 is 2.82 bits per heavy atom. The van der Waals surface area contributed by atoms with Gasteiger partial charge in [-0.15, -0.1) is 0 Å². The lowest BCUT2D eigenvalue weighted by molar-refractivity contribution is 0.0890. The van der Waals surface area contributed by atoms with Crippen LogP contribution in [0.4, 0.5) is 0 Å². The van der Waals surface area contributed by atoms with Gasteiger partial charge in [0, 0.05) is 29.6 Å². The summed E-state index contributed by atoms with van der Waals surface area (Å²) in [6, 6.07) is 11.2. The molecule has 0 atom stereocenters. The van der Waals surface area contributed by atoms with E-state index in [2.05, 4.69) is 11.8 Å². The average Bonchev–Trinajstić information content (AvgIpc) is 2.67. The van der Waals surface area contributed by atoms with Crippen LogP contribution in [0.5, 0.6) is 5.75 Å². The quantitative estimate of drug-likeness (QED) is 0.492. The van der Waals surface area contributed by atoms with Gasteiger partial charge in [0.15, 0.2) is 0 Å². The molecule has 0 saturated heterocycles. The third kappa shape index (κ3) is 3.90. The molecule has 0 radical (unpaired) electrons. The Balaban J connectivity index is 1.73. The SMILES string of the molecule is CCCCc1cc(=O)oc2c3c(c(Cl)cc12)OCN(Cc1cccc(Cl)c1)C3. The van der Waals surface area contributed by atoms with Crippen molar-refractivity contribution in [2.45, 2.75) is 39.3 Å². The van der Waals surface area contributed by atoms with Crippen molar-refractivity contribution >= 4 is 34.2 Å². The van der Waals surface area contributed by atoms with Gasteiger partial charge in [-0.2, -0.15) is 0 Å². The molecule has 0 aliphatic carbocycles. The Bertz CT molecular complexity index is 1080.